The SMILES string of the molecule is C=C(C)C(=O)C(CC)CO[Si](O)(OC)OC. The number of hydrogen-bond donors (Lipinski definition) is 1. The van der Waals surface area contributed by atoms with Crippen LogP contribution < -0.4 is 0 Å². The van der Waals surface area contributed by atoms with Crippen molar-refractivity contribution in [1.29, 1.82) is 0 Å². The molecule has 0 radical (unpaired) electrons. The van der Waals surface area contributed by atoms with Crippen molar-refractivity contribution in [3.63, 3.8) is 0 Å². The number of Topliss-reactive ketones (excluding diaryl/α,β-unsaturated/α-hetero) is 1. The van der Waals surface area contributed by atoms with Crippen LogP contribution in [-0.4, -0.2) is 40.5 Å². The first-order valence-corrected chi connectivity index (χ1v) is 6.73. The van der Waals surface area contributed by atoms with E-state index in [4.69, 9.17) is 13.3 Å². The molecule has 0 aromatic rings. The maximum Gasteiger partial charge on any atom is 0.676 e. The summed E-state index contributed by atoms with van der Waals surface area (Å²) in [5.41, 5.74) is 0.482. The zero-order valence-corrected chi connectivity index (χ0v) is 11.3. The van der Waals surface area contributed by atoms with Crippen molar-refractivity contribution in [1.82, 2.24) is 0 Å². The number of carbonyl (C=O) groups excluding carboxylic acids is 1. The molecule has 0 bridgehead atoms. The molecule has 0 fully saturated rings. The van der Waals surface area contributed by atoms with Gasteiger partial charge in [-0.3, -0.25) is 4.79 Å². The second-order valence-electron chi connectivity index (χ2n) is 3.49. The highest BCUT2D eigenvalue weighted by Gasteiger charge is 2.39. The molecule has 1 atom stereocenters. The van der Waals surface area contributed by atoms with Gasteiger partial charge in [-0.15, -0.1) is 0 Å². The Morgan fingerprint density at radius 3 is 2.25 bits per heavy atom. The Bertz CT molecular complexity index is 250. The first kappa shape index (κ1) is 15.5. The van der Waals surface area contributed by atoms with Gasteiger partial charge in [-0.05, 0) is 18.9 Å². The lowest BCUT2D eigenvalue weighted by Gasteiger charge is -2.21. The fourth-order valence-corrected chi connectivity index (χ4v) is 1.95. The molecule has 0 saturated heterocycles. The van der Waals surface area contributed by atoms with Gasteiger partial charge in [0.1, 0.15) is 0 Å². The average Bonchev–Trinajstić information content (AvgIpc) is 2.29. The second-order valence-corrected chi connectivity index (χ2v) is 5.65. The quantitative estimate of drug-likeness (QED) is 0.510. The van der Waals surface area contributed by atoms with E-state index in [2.05, 4.69) is 6.58 Å². The van der Waals surface area contributed by atoms with E-state index >= 15 is 0 Å². The highest BCUT2D eigenvalue weighted by atomic mass is 28.4. The Morgan fingerprint density at radius 2 is 1.94 bits per heavy atom. The molecule has 1 unspecified atom stereocenters. The predicted octanol–water partition coefficient (Wildman–Crippen LogP) is 0.895. The third-order valence-electron chi connectivity index (χ3n) is 2.27. The molecule has 0 aliphatic carbocycles. The fraction of sp³-hybridized carbons (Fsp3) is 0.700. The maximum atomic E-state index is 11.6. The number of allylic oxidation sites excluding steroid dienone is 1. The van der Waals surface area contributed by atoms with Gasteiger partial charge >= 0.3 is 9.05 Å². The molecule has 0 amide bonds. The van der Waals surface area contributed by atoms with E-state index in [0.29, 0.717) is 12.0 Å². The van der Waals surface area contributed by atoms with Crippen molar-refractivity contribution >= 4 is 14.8 Å². The standard InChI is InChI=1S/C10H20O5Si/c1-6-9(10(11)8(2)3)7-15-16(12,13-4)14-5/h9,12H,2,6-7H2,1,3-5H3. The molecule has 94 valence electrons. The van der Waals surface area contributed by atoms with Crippen LogP contribution in [0.15, 0.2) is 12.2 Å². The van der Waals surface area contributed by atoms with Crippen LogP contribution in [0.1, 0.15) is 20.3 Å². The minimum Gasteiger partial charge on any atom is -0.367 e. The van der Waals surface area contributed by atoms with E-state index < -0.39 is 9.05 Å². The number of hydrogen-bond acceptors (Lipinski definition) is 5. The topological polar surface area (TPSA) is 65.0 Å². The third-order valence-corrected chi connectivity index (χ3v) is 3.83. The summed E-state index contributed by atoms with van der Waals surface area (Å²) in [6.45, 7) is 7.19. The summed E-state index contributed by atoms with van der Waals surface area (Å²) >= 11 is 0. The summed E-state index contributed by atoms with van der Waals surface area (Å²) in [5, 5.41) is 0. The first-order chi connectivity index (χ1) is 7.40. The van der Waals surface area contributed by atoms with E-state index in [1.165, 1.54) is 14.2 Å². The molecule has 0 saturated carbocycles. The molecule has 0 aliphatic heterocycles. The highest BCUT2D eigenvalue weighted by molar-refractivity contribution is 6.51. The Morgan fingerprint density at radius 1 is 1.44 bits per heavy atom. The summed E-state index contributed by atoms with van der Waals surface area (Å²) < 4.78 is 14.6. The molecule has 0 rings (SSSR count). The zero-order valence-electron chi connectivity index (χ0n) is 10.3. The van der Waals surface area contributed by atoms with Crippen LogP contribution in [0.2, 0.25) is 0 Å². The van der Waals surface area contributed by atoms with Crippen LogP contribution in [0.4, 0.5) is 0 Å². The van der Waals surface area contributed by atoms with E-state index in [-0.39, 0.29) is 18.3 Å². The lowest BCUT2D eigenvalue weighted by atomic mass is 9.98. The van der Waals surface area contributed by atoms with Gasteiger partial charge in [-0.25, -0.2) is 0 Å². The van der Waals surface area contributed by atoms with Crippen molar-refractivity contribution in [3.8, 4) is 0 Å². The summed E-state index contributed by atoms with van der Waals surface area (Å²) in [5.74, 6) is -0.382. The van der Waals surface area contributed by atoms with Crippen LogP contribution in [0, 0.1) is 5.92 Å². The molecule has 1 N–H and O–H groups in total. The largest absolute Gasteiger partial charge is 0.676 e. The van der Waals surface area contributed by atoms with Gasteiger partial charge in [-0.2, -0.15) is 0 Å². The van der Waals surface area contributed by atoms with E-state index in [1.807, 2.05) is 6.92 Å². The van der Waals surface area contributed by atoms with Crippen LogP contribution in [0.5, 0.6) is 0 Å². The lowest BCUT2D eigenvalue weighted by Crippen LogP contribution is -2.45. The minimum absolute atomic E-state index is 0.0638. The Kier molecular flexibility index (Phi) is 6.69. The summed E-state index contributed by atoms with van der Waals surface area (Å²) in [6, 6.07) is 0. The summed E-state index contributed by atoms with van der Waals surface area (Å²) in [6.07, 6.45) is 0.615. The van der Waals surface area contributed by atoms with Gasteiger partial charge in [-0.1, -0.05) is 13.5 Å². The van der Waals surface area contributed by atoms with Crippen LogP contribution >= 0.6 is 0 Å². The molecule has 6 heteroatoms. The monoisotopic (exact) mass is 248 g/mol. The molecule has 0 spiro atoms. The van der Waals surface area contributed by atoms with E-state index in [9.17, 15) is 9.59 Å². The molecular weight excluding hydrogens is 228 g/mol. The number of carbonyl (C=O) groups is 1. The number of rotatable bonds is 8. The van der Waals surface area contributed by atoms with E-state index in [1.54, 1.807) is 6.92 Å². The summed E-state index contributed by atoms with van der Waals surface area (Å²) in [4.78, 5) is 21.3. The van der Waals surface area contributed by atoms with Crippen LogP contribution in [0.25, 0.3) is 0 Å². The smallest absolute Gasteiger partial charge is 0.367 e. The summed E-state index contributed by atoms with van der Waals surface area (Å²) in [7, 11) is -0.933. The molecular formula is C10H20O5Si. The molecule has 0 aromatic carbocycles. The number of ketones is 1. The Balaban J connectivity index is 4.35. The van der Waals surface area contributed by atoms with Crippen molar-refractivity contribution in [2.24, 2.45) is 5.92 Å². The fourth-order valence-electron chi connectivity index (χ4n) is 1.13. The zero-order chi connectivity index (χ0) is 12.8. The van der Waals surface area contributed by atoms with Gasteiger partial charge in [0.25, 0.3) is 0 Å². The van der Waals surface area contributed by atoms with Gasteiger partial charge < -0.3 is 18.1 Å². The third kappa shape index (κ3) is 4.54. The van der Waals surface area contributed by atoms with Crippen molar-refractivity contribution in [3.05, 3.63) is 12.2 Å². The van der Waals surface area contributed by atoms with E-state index in [0.717, 1.165) is 0 Å². The molecule has 0 heterocycles. The van der Waals surface area contributed by atoms with Gasteiger partial charge in [0.05, 0.1) is 6.61 Å². The first-order valence-electron chi connectivity index (χ1n) is 5.06. The second kappa shape index (κ2) is 6.92. The average molecular weight is 248 g/mol. The molecule has 0 aliphatic rings. The Labute approximate surface area is 97.5 Å². The minimum atomic E-state index is -3.54. The Hall–Kier alpha value is -0.533. The van der Waals surface area contributed by atoms with Crippen LogP contribution in [0.3, 0.4) is 0 Å². The normalized spacial score (nSPS) is 13.6. The molecule has 0 aromatic heterocycles. The molecule has 5 nitrogen and oxygen atoms in total. The van der Waals surface area contributed by atoms with Gasteiger partial charge in [0.15, 0.2) is 5.78 Å². The van der Waals surface area contributed by atoms with Gasteiger partial charge in [0.2, 0.25) is 0 Å². The van der Waals surface area contributed by atoms with Crippen LogP contribution in [-0.2, 0) is 18.1 Å². The maximum absolute atomic E-state index is 11.6. The van der Waals surface area contributed by atoms with Crippen molar-refractivity contribution in [2.75, 3.05) is 20.8 Å². The predicted molar refractivity (Wildman–Crippen MR) is 61.5 cm³/mol. The van der Waals surface area contributed by atoms with Gasteiger partial charge in [0, 0.05) is 20.1 Å². The van der Waals surface area contributed by atoms with Crippen molar-refractivity contribution in [2.45, 2.75) is 20.3 Å². The molecule has 16 heavy (non-hydrogen) atoms. The highest BCUT2D eigenvalue weighted by Crippen LogP contribution is 2.13. The van der Waals surface area contributed by atoms with Crippen molar-refractivity contribution < 1.29 is 22.9 Å². The lowest BCUT2D eigenvalue weighted by molar-refractivity contribution is -0.120.